The van der Waals surface area contributed by atoms with Gasteiger partial charge >= 0.3 is 5.69 Å². The van der Waals surface area contributed by atoms with E-state index >= 15 is 0 Å². The van der Waals surface area contributed by atoms with E-state index in [0.29, 0.717) is 6.42 Å². The molecule has 2 rings (SSSR count). The van der Waals surface area contributed by atoms with Crippen LogP contribution in [-0.2, 0) is 13.0 Å². The highest BCUT2D eigenvalue weighted by Gasteiger charge is 2.18. The molecular weight excluding hydrogens is 263 g/mol. The maximum atomic E-state index is 14.0. The van der Waals surface area contributed by atoms with Crippen LogP contribution >= 0.6 is 0 Å². The molecule has 2 N–H and O–H groups in total. The summed E-state index contributed by atoms with van der Waals surface area (Å²) in [6, 6.07) is 4.08. The zero-order chi connectivity index (χ0) is 14.7. The third-order valence-corrected chi connectivity index (χ3v) is 2.90. The first kappa shape index (κ1) is 14.1. The van der Waals surface area contributed by atoms with Gasteiger partial charge in [-0.25, -0.2) is 4.98 Å². The normalized spacial score (nSPS) is 12.3. The van der Waals surface area contributed by atoms with Gasteiger partial charge in [0.1, 0.15) is 5.82 Å². The third-order valence-electron chi connectivity index (χ3n) is 2.90. The van der Waals surface area contributed by atoms with Crippen LogP contribution in [0.1, 0.15) is 18.3 Å². The number of nitro benzene ring substituents is 1. The molecule has 1 unspecified atom stereocenters. The van der Waals surface area contributed by atoms with Gasteiger partial charge in [0.05, 0.1) is 11.5 Å². The molecule has 0 aliphatic carbocycles. The van der Waals surface area contributed by atoms with E-state index in [1.54, 1.807) is 17.0 Å². The Labute approximate surface area is 115 Å². The number of aromatic nitrogens is 2. The van der Waals surface area contributed by atoms with Gasteiger partial charge < -0.3 is 10.3 Å². The van der Waals surface area contributed by atoms with Gasteiger partial charge in [-0.05, 0) is 6.92 Å². The second-order valence-electron chi connectivity index (χ2n) is 4.66. The fourth-order valence-electron chi connectivity index (χ4n) is 1.97. The van der Waals surface area contributed by atoms with E-state index < -0.39 is 16.4 Å². The average molecular weight is 278 g/mol. The van der Waals surface area contributed by atoms with Crippen molar-refractivity contribution in [2.75, 3.05) is 0 Å². The smallest absolute Gasteiger partial charge is 0.305 e. The molecule has 0 aliphatic rings. The van der Waals surface area contributed by atoms with Crippen LogP contribution < -0.4 is 5.73 Å². The van der Waals surface area contributed by atoms with Gasteiger partial charge in [0, 0.05) is 36.5 Å². The van der Waals surface area contributed by atoms with Gasteiger partial charge in [-0.3, -0.25) is 10.1 Å². The second kappa shape index (κ2) is 5.79. The maximum Gasteiger partial charge on any atom is 0.305 e. The van der Waals surface area contributed by atoms with Crippen molar-refractivity contribution in [1.29, 1.82) is 0 Å². The summed E-state index contributed by atoms with van der Waals surface area (Å²) in [7, 11) is 0. The molecule has 1 aromatic carbocycles. The molecule has 0 fully saturated rings. The van der Waals surface area contributed by atoms with E-state index in [0.717, 1.165) is 11.9 Å². The van der Waals surface area contributed by atoms with Crippen molar-refractivity contribution >= 4 is 5.69 Å². The Hall–Kier alpha value is -2.28. The van der Waals surface area contributed by atoms with E-state index in [1.165, 1.54) is 12.1 Å². The molecule has 0 saturated carbocycles. The molecule has 0 saturated heterocycles. The van der Waals surface area contributed by atoms with Crippen LogP contribution in [0.5, 0.6) is 0 Å². The lowest BCUT2D eigenvalue weighted by Gasteiger charge is -2.10. The first-order valence-electron chi connectivity index (χ1n) is 6.16. The van der Waals surface area contributed by atoms with Crippen molar-refractivity contribution in [3.63, 3.8) is 0 Å². The van der Waals surface area contributed by atoms with Crippen LogP contribution in [-0.4, -0.2) is 20.5 Å². The van der Waals surface area contributed by atoms with Gasteiger partial charge in [0.25, 0.3) is 0 Å². The lowest BCUT2D eigenvalue weighted by molar-refractivity contribution is -0.387. The first-order valence-corrected chi connectivity index (χ1v) is 6.16. The Balaban J connectivity index is 2.29. The zero-order valence-corrected chi connectivity index (χ0v) is 11.0. The number of hydrogen-bond donors (Lipinski definition) is 1. The van der Waals surface area contributed by atoms with Gasteiger partial charge in [-0.2, -0.15) is 4.39 Å². The number of nitrogens with zero attached hydrogens (tertiary/aromatic N) is 3. The van der Waals surface area contributed by atoms with Crippen molar-refractivity contribution in [1.82, 2.24) is 9.55 Å². The molecule has 1 aromatic heterocycles. The number of rotatable bonds is 5. The van der Waals surface area contributed by atoms with Crippen molar-refractivity contribution in [3.8, 4) is 0 Å². The van der Waals surface area contributed by atoms with Crippen molar-refractivity contribution in [3.05, 3.63) is 57.9 Å². The predicted octanol–water partition coefficient (Wildman–Crippen LogP) is 1.87. The Morgan fingerprint density at radius 2 is 2.30 bits per heavy atom. The molecule has 0 aliphatic heterocycles. The SMILES string of the molecule is CC(N)Cc1nccn1Cc1cccc([N+](=O)[O-])c1F. The monoisotopic (exact) mass is 278 g/mol. The molecule has 1 heterocycles. The molecule has 7 heteroatoms. The fourth-order valence-corrected chi connectivity index (χ4v) is 1.97. The van der Waals surface area contributed by atoms with Gasteiger partial charge in [-0.15, -0.1) is 0 Å². The number of hydrogen-bond acceptors (Lipinski definition) is 4. The second-order valence-corrected chi connectivity index (χ2v) is 4.66. The highest BCUT2D eigenvalue weighted by molar-refractivity contribution is 5.37. The number of nitrogens with two attached hydrogens (primary N) is 1. The van der Waals surface area contributed by atoms with Crippen LogP contribution in [0, 0.1) is 15.9 Å². The number of benzene rings is 1. The summed E-state index contributed by atoms with van der Waals surface area (Å²) in [5.74, 6) is -0.0798. The lowest BCUT2D eigenvalue weighted by Crippen LogP contribution is -2.21. The van der Waals surface area contributed by atoms with Gasteiger partial charge in [0.15, 0.2) is 0 Å². The Morgan fingerprint density at radius 1 is 1.55 bits per heavy atom. The molecule has 6 nitrogen and oxygen atoms in total. The third kappa shape index (κ3) is 3.00. The Kier molecular flexibility index (Phi) is 4.09. The minimum absolute atomic E-state index is 0.0638. The molecular formula is C13H15FN4O2. The molecule has 1 atom stereocenters. The number of halogens is 1. The van der Waals surface area contributed by atoms with E-state index in [2.05, 4.69) is 4.98 Å². The maximum absolute atomic E-state index is 14.0. The molecule has 2 aromatic rings. The highest BCUT2D eigenvalue weighted by atomic mass is 19.1. The molecule has 0 radical (unpaired) electrons. The molecule has 0 amide bonds. The number of nitro groups is 1. The van der Waals surface area contributed by atoms with Gasteiger partial charge in [0.2, 0.25) is 5.82 Å². The van der Waals surface area contributed by atoms with Gasteiger partial charge in [-0.1, -0.05) is 12.1 Å². The summed E-state index contributed by atoms with van der Waals surface area (Å²) >= 11 is 0. The molecule has 20 heavy (non-hydrogen) atoms. The standard InChI is InChI=1S/C13H15FN4O2/c1-9(15)7-12-16-5-6-17(12)8-10-3-2-4-11(13(10)14)18(19)20/h2-6,9H,7-8,15H2,1H3. The van der Waals surface area contributed by atoms with E-state index in [1.807, 2.05) is 6.92 Å². The summed E-state index contributed by atoms with van der Waals surface area (Å²) in [6.45, 7) is 2.04. The minimum Gasteiger partial charge on any atom is -0.330 e. The summed E-state index contributed by atoms with van der Waals surface area (Å²) in [4.78, 5) is 14.2. The lowest BCUT2D eigenvalue weighted by atomic mass is 10.1. The highest BCUT2D eigenvalue weighted by Crippen LogP contribution is 2.21. The van der Waals surface area contributed by atoms with E-state index in [-0.39, 0.29) is 18.2 Å². The summed E-state index contributed by atoms with van der Waals surface area (Å²) in [6.07, 6.45) is 3.87. The average Bonchev–Trinajstić information content (AvgIpc) is 2.78. The topological polar surface area (TPSA) is 87.0 Å². The fraction of sp³-hybridized carbons (Fsp3) is 0.308. The van der Waals surface area contributed by atoms with Crippen molar-refractivity contribution in [2.24, 2.45) is 5.73 Å². The Morgan fingerprint density at radius 3 is 2.95 bits per heavy atom. The predicted molar refractivity (Wildman–Crippen MR) is 71.7 cm³/mol. The largest absolute Gasteiger partial charge is 0.330 e. The zero-order valence-electron chi connectivity index (χ0n) is 11.0. The van der Waals surface area contributed by atoms with E-state index in [9.17, 15) is 14.5 Å². The minimum atomic E-state index is -0.807. The quantitative estimate of drug-likeness (QED) is 0.668. The summed E-state index contributed by atoms with van der Waals surface area (Å²) in [5, 5.41) is 10.7. The van der Waals surface area contributed by atoms with E-state index in [4.69, 9.17) is 5.73 Å². The Bertz CT molecular complexity index is 625. The molecule has 0 spiro atoms. The van der Waals surface area contributed by atoms with Crippen LogP contribution in [0.2, 0.25) is 0 Å². The molecule has 0 bridgehead atoms. The number of imidazole rings is 1. The molecule has 106 valence electrons. The van der Waals surface area contributed by atoms with Crippen molar-refractivity contribution in [2.45, 2.75) is 25.9 Å². The van der Waals surface area contributed by atoms with Crippen LogP contribution in [0.25, 0.3) is 0 Å². The summed E-state index contributed by atoms with van der Waals surface area (Å²) in [5.41, 5.74) is 5.46. The van der Waals surface area contributed by atoms with Crippen LogP contribution in [0.15, 0.2) is 30.6 Å². The van der Waals surface area contributed by atoms with Crippen LogP contribution in [0.3, 0.4) is 0 Å². The van der Waals surface area contributed by atoms with Crippen molar-refractivity contribution < 1.29 is 9.31 Å². The first-order chi connectivity index (χ1) is 9.49. The van der Waals surface area contributed by atoms with Crippen LogP contribution in [0.4, 0.5) is 10.1 Å². The summed E-state index contributed by atoms with van der Waals surface area (Å²) < 4.78 is 15.8.